The van der Waals surface area contributed by atoms with Gasteiger partial charge in [-0.3, -0.25) is 4.57 Å². The lowest BCUT2D eigenvalue weighted by atomic mass is 10.4. The largest absolute Gasteiger partial charge is 0.348 e. The number of aryl methyl sites for hydroxylation is 1. The van der Waals surface area contributed by atoms with Gasteiger partial charge in [-0.05, 0) is 24.4 Å². The second-order valence-corrected chi connectivity index (χ2v) is 5.30. The van der Waals surface area contributed by atoms with Crippen LogP contribution >= 0.6 is 22.9 Å². The van der Waals surface area contributed by atoms with E-state index in [1.54, 1.807) is 19.2 Å². The third-order valence-corrected chi connectivity index (χ3v) is 3.74. The van der Waals surface area contributed by atoms with Crippen LogP contribution in [0.1, 0.15) is 11.5 Å². The minimum Gasteiger partial charge on any atom is -0.292 e. The molecular formula is C12H9ClN4OS. The average Bonchev–Trinajstić information content (AvgIpc) is 2.81. The maximum atomic E-state index is 11.7. The van der Waals surface area contributed by atoms with E-state index in [0.29, 0.717) is 16.7 Å². The summed E-state index contributed by atoms with van der Waals surface area (Å²) in [6.07, 6.45) is 1.68. The fourth-order valence-electron chi connectivity index (χ4n) is 1.72. The minimum absolute atomic E-state index is 0.264. The number of nitrogens with zero attached hydrogens (tertiary/aromatic N) is 4. The molecule has 3 aromatic rings. The maximum Gasteiger partial charge on any atom is 0.348 e. The molecule has 0 radical (unpaired) electrons. The van der Waals surface area contributed by atoms with Gasteiger partial charge in [0.05, 0.1) is 6.54 Å². The van der Waals surface area contributed by atoms with E-state index in [-0.39, 0.29) is 12.2 Å². The number of fused-ring (bicyclic) bond motifs is 1. The third kappa shape index (κ3) is 2.36. The van der Waals surface area contributed by atoms with Crippen molar-refractivity contribution in [3.8, 4) is 0 Å². The molecule has 0 fully saturated rings. The normalized spacial score (nSPS) is 11.1. The molecule has 3 rings (SSSR count). The average molecular weight is 293 g/mol. The number of hydrogen-bond acceptors (Lipinski definition) is 5. The van der Waals surface area contributed by atoms with E-state index in [0.717, 1.165) is 10.2 Å². The highest BCUT2D eigenvalue weighted by atomic mass is 35.5. The van der Waals surface area contributed by atoms with E-state index in [4.69, 9.17) is 11.6 Å². The summed E-state index contributed by atoms with van der Waals surface area (Å²) in [5.41, 5.74) is 0.375. The van der Waals surface area contributed by atoms with E-state index < -0.39 is 0 Å². The molecule has 3 heterocycles. The lowest BCUT2D eigenvalue weighted by molar-refractivity contribution is 0.689. The van der Waals surface area contributed by atoms with Crippen LogP contribution in [0.3, 0.4) is 0 Å². The summed E-state index contributed by atoms with van der Waals surface area (Å²) in [5, 5.41) is 3.16. The molecule has 0 atom stereocenters. The Labute approximate surface area is 117 Å². The smallest absolute Gasteiger partial charge is 0.292 e. The quantitative estimate of drug-likeness (QED) is 0.680. The van der Waals surface area contributed by atoms with Crippen LogP contribution in [-0.2, 0) is 6.54 Å². The molecule has 0 saturated carbocycles. The van der Waals surface area contributed by atoms with E-state index >= 15 is 0 Å². The minimum atomic E-state index is -0.314. The van der Waals surface area contributed by atoms with Crippen molar-refractivity contribution in [2.75, 3.05) is 0 Å². The topological polar surface area (TPSA) is 60.7 Å². The second-order valence-electron chi connectivity index (χ2n) is 4.05. The third-order valence-electron chi connectivity index (χ3n) is 2.65. The summed E-state index contributed by atoms with van der Waals surface area (Å²) in [5.74, 6) is 0.507. The summed E-state index contributed by atoms with van der Waals surface area (Å²) in [6.45, 7) is 2.04. The standard InChI is InChI=1S/C12H9ClN4OS/c1-7-2-4-17(12(18)14-7)6-9-15-10(13)8-3-5-19-11(8)16-9/h2-5H,6H2,1H3. The first-order chi connectivity index (χ1) is 9.13. The summed E-state index contributed by atoms with van der Waals surface area (Å²) in [4.78, 5) is 25.0. The van der Waals surface area contributed by atoms with Crippen molar-refractivity contribution in [3.05, 3.63) is 50.9 Å². The van der Waals surface area contributed by atoms with Crippen molar-refractivity contribution in [3.63, 3.8) is 0 Å². The van der Waals surface area contributed by atoms with Gasteiger partial charge in [0.2, 0.25) is 0 Å². The fraction of sp³-hybridized carbons (Fsp3) is 0.167. The highest BCUT2D eigenvalue weighted by Gasteiger charge is 2.08. The van der Waals surface area contributed by atoms with Crippen LogP contribution in [0.2, 0.25) is 5.15 Å². The van der Waals surface area contributed by atoms with Gasteiger partial charge in [-0.15, -0.1) is 11.3 Å². The Kier molecular flexibility index (Phi) is 3.04. The second kappa shape index (κ2) is 4.71. The van der Waals surface area contributed by atoms with Crippen LogP contribution in [0.25, 0.3) is 10.2 Å². The van der Waals surface area contributed by atoms with E-state index in [1.807, 2.05) is 11.4 Å². The molecule has 3 aromatic heterocycles. The van der Waals surface area contributed by atoms with Crippen molar-refractivity contribution < 1.29 is 0 Å². The van der Waals surface area contributed by atoms with Crippen LogP contribution < -0.4 is 5.69 Å². The fourth-order valence-corrected chi connectivity index (χ4v) is 2.81. The van der Waals surface area contributed by atoms with E-state index in [2.05, 4.69) is 15.0 Å². The molecule has 0 aliphatic heterocycles. The number of aromatic nitrogens is 4. The lowest BCUT2D eigenvalue weighted by Gasteiger charge is -2.04. The zero-order valence-corrected chi connectivity index (χ0v) is 11.6. The van der Waals surface area contributed by atoms with Gasteiger partial charge in [0.15, 0.2) is 5.82 Å². The molecule has 19 heavy (non-hydrogen) atoms. The van der Waals surface area contributed by atoms with Crippen LogP contribution in [0.15, 0.2) is 28.5 Å². The lowest BCUT2D eigenvalue weighted by Crippen LogP contribution is -2.24. The zero-order chi connectivity index (χ0) is 13.4. The maximum absolute atomic E-state index is 11.7. The predicted molar refractivity (Wildman–Crippen MR) is 74.8 cm³/mol. The van der Waals surface area contributed by atoms with Gasteiger partial charge >= 0.3 is 5.69 Å². The first-order valence-corrected chi connectivity index (χ1v) is 6.83. The molecule has 0 saturated heterocycles. The Morgan fingerprint density at radius 1 is 1.32 bits per heavy atom. The van der Waals surface area contributed by atoms with Crippen LogP contribution in [-0.4, -0.2) is 19.5 Å². The van der Waals surface area contributed by atoms with Crippen molar-refractivity contribution in [2.45, 2.75) is 13.5 Å². The van der Waals surface area contributed by atoms with Crippen LogP contribution in [0.5, 0.6) is 0 Å². The predicted octanol–water partition coefficient (Wildman–Crippen LogP) is 2.26. The van der Waals surface area contributed by atoms with Gasteiger partial charge in [-0.1, -0.05) is 11.6 Å². The van der Waals surface area contributed by atoms with E-state index in [1.165, 1.54) is 15.9 Å². The van der Waals surface area contributed by atoms with Gasteiger partial charge in [0.25, 0.3) is 0 Å². The Morgan fingerprint density at radius 3 is 2.95 bits per heavy atom. The first kappa shape index (κ1) is 12.3. The van der Waals surface area contributed by atoms with Gasteiger partial charge in [0.1, 0.15) is 9.98 Å². The van der Waals surface area contributed by atoms with E-state index in [9.17, 15) is 4.79 Å². The Bertz CT molecular complexity index is 811. The van der Waals surface area contributed by atoms with Crippen molar-refractivity contribution >= 4 is 33.2 Å². The van der Waals surface area contributed by atoms with Gasteiger partial charge < -0.3 is 0 Å². The molecule has 0 aliphatic rings. The van der Waals surface area contributed by atoms with Crippen LogP contribution in [0.4, 0.5) is 0 Å². The van der Waals surface area contributed by atoms with Crippen molar-refractivity contribution in [2.24, 2.45) is 0 Å². The Morgan fingerprint density at radius 2 is 2.16 bits per heavy atom. The summed E-state index contributed by atoms with van der Waals surface area (Å²) < 4.78 is 1.46. The van der Waals surface area contributed by atoms with Crippen molar-refractivity contribution in [1.29, 1.82) is 0 Å². The Hall–Kier alpha value is -1.79. The zero-order valence-electron chi connectivity index (χ0n) is 10.00. The molecule has 0 spiro atoms. The first-order valence-electron chi connectivity index (χ1n) is 5.57. The Balaban J connectivity index is 2.03. The van der Waals surface area contributed by atoms with Crippen LogP contribution in [0, 0.1) is 6.92 Å². The van der Waals surface area contributed by atoms with Gasteiger partial charge in [0, 0.05) is 17.3 Å². The molecule has 0 bridgehead atoms. The molecule has 0 unspecified atom stereocenters. The summed E-state index contributed by atoms with van der Waals surface area (Å²) in [6, 6.07) is 3.65. The molecule has 0 aromatic carbocycles. The number of halogens is 1. The summed E-state index contributed by atoms with van der Waals surface area (Å²) >= 11 is 7.58. The molecule has 7 heteroatoms. The highest BCUT2D eigenvalue weighted by Crippen LogP contribution is 2.24. The van der Waals surface area contributed by atoms with Crippen molar-refractivity contribution in [1.82, 2.24) is 19.5 Å². The van der Waals surface area contributed by atoms with Gasteiger partial charge in [-0.2, -0.15) is 4.98 Å². The van der Waals surface area contributed by atoms with Gasteiger partial charge in [-0.25, -0.2) is 14.8 Å². The SMILES string of the molecule is Cc1ccn(Cc2nc(Cl)c3ccsc3n2)c(=O)n1. The molecule has 0 N–H and O–H groups in total. The highest BCUT2D eigenvalue weighted by molar-refractivity contribution is 7.16. The summed E-state index contributed by atoms with van der Waals surface area (Å²) in [7, 11) is 0. The number of rotatable bonds is 2. The molecule has 5 nitrogen and oxygen atoms in total. The number of thiophene rings is 1. The molecule has 0 amide bonds. The monoisotopic (exact) mass is 292 g/mol. The number of hydrogen-bond donors (Lipinski definition) is 0. The molecule has 96 valence electrons. The molecular weight excluding hydrogens is 284 g/mol. The molecule has 0 aliphatic carbocycles.